The molecule has 0 aliphatic carbocycles. The zero-order valence-corrected chi connectivity index (χ0v) is 6.82. The number of hydrogen-bond acceptors (Lipinski definition) is 2. The second-order valence-electron chi connectivity index (χ2n) is 2.10. The Balaban J connectivity index is 3.41. The molecule has 0 saturated carbocycles. The predicted molar refractivity (Wildman–Crippen MR) is 38.9 cm³/mol. The van der Waals surface area contributed by atoms with Crippen LogP contribution in [0.15, 0.2) is 6.07 Å². The van der Waals surface area contributed by atoms with Gasteiger partial charge in [-0.2, -0.15) is 5.26 Å². The van der Waals surface area contributed by atoms with Gasteiger partial charge in [0, 0.05) is 6.07 Å². The van der Waals surface area contributed by atoms with Gasteiger partial charge in [-0.05, 0) is 0 Å². The van der Waals surface area contributed by atoms with Crippen LogP contribution in [0.2, 0.25) is 5.15 Å². The van der Waals surface area contributed by atoms with Gasteiger partial charge in [0.25, 0.3) is 6.43 Å². The van der Waals surface area contributed by atoms with E-state index in [1.807, 2.05) is 0 Å². The minimum Gasteiger partial charge on any atom is -0.234 e. The molecule has 0 fully saturated rings. The maximum absolute atomic E-state index is 12.8. The van der Waals surface area contributed by atoms with E-state index in [0.29, 0.717) is 6.07 Å². The molecule has 0 spiro atoms. The van der Waals surface area contributed by atoms with Gasteiger partial charge < -0.3 is 0 Å². The number of aromatic nitrogens is 1. The molecule has 0 aromatic carbocycles. The molecule has 68 valence electrons. The molecule has 1 aromatic heterocycles. The van der Waals surface area contributed by atoms with Gasteiger partial charge in [-0.25, -0.2) is 18.2 Å². The van der Waals surface area contributed by atoms with Gasteiger partial charge >= 0.3 is 0 Å². The minimum absolute atomic E-state index is 0.396. The normalized spacial score (nSPS) is 10.2. The van der Waals surface area contributed by atoms with Crippen molar-refractivity contribution in [1.29, 1.82) is 5.26 Å². The van der Waals surface area contributed by atoms with Gasteiger partial charge in [0.1, 0.15) is 28.3 Å². The molecule has 1 rings (SSSR count). The molecule has 0 radical (unpaired) electrons. The van der Waals surface area contributed by atoms with Crippen LogP contribution in [0.5, 0.6) is 0 Å². The van der Waals surface area contributed by atoms with Gasteiger partial charge in [0.15, 0.2) is 0 Å². The van der Waals surface area contributed by atoms with E-state index in [4.69, 9.17) is 16.9 Å². The van der Waals surface area contributed by atoms with Crippen molar-refractivity contribution in [1.82, 2.24) is 4.98 Å². The van der Waals surface area contributed by atoms with Crippen LogP contribution in [-0.2, 0) is 0 Å². The van der Waals surface area contributed by atoms with E-state index >= 15 is 0 Å². The molecule has 1 heterocycles. The summed E-state index contributed by atoms with van der Waals surface area (Å²) in [5.74, 6) is -1.09. The van der Waals surface area contributed by atoms with E-state index in [0.717, 1.165) is 0 Å². The molecule has 6 heteroatoms. The number of nitriles is 1. The Kier molecular flexibility index (Phi) is 2.73. The fourth-order valence-corrected chi connectivity index (χ4v) is 0.958. The van der Waals surface area contributed by atoms with Crippen molar-refractivity contribution < 1.29 is 13.2 Å². The number of alkyl halides is 2. The average molecular weight is 207 g/mol. The molecule has 0 unspecified atom stereocenters. The van der Waals surface area contributed by atoms with E-state index in [1.165, 1.54) is 6.07 Å². The van der Waals surface area contributed by atoms with Gasteiger partial charge in [-0.3, -0.25) is 0 Å². The van der Waals surface area contributed by atoms with Crippen molar-refractivity contribution in [3.05, 3.63) is 28.3 Å². The zero-order chi connectivity index (χ0) is 10.0. The molecule has 0 bridgehead atoms. The van der Waals surface area contributed by atoms with Crippen LogP contribution in [-0.4, -0.2) is 4.98 Å². The highest BCUT2D eigenvalue weighted by Gasteiger charge is 2.19. The quantitative estimate of drug-likeness (QED) is 0.663. The SMILES string of the molecule is N#Cc1c(F)cc(Cl)nc1C(F)F. The molecule has 0 saturated heterocycles. The summed E-state index contributed by atoms with van der Waals surface area (Å²) in [6.45, 7) is 0. The average Bonchev–Trinajstić information content (AvgIpc) is 2.02. The standard InChI is InChI=1S/C7H2ClF3N2/c8-5-1-4(9)3(2-12)6(13-5)7(10)11/h1,7H. The lowest BCUT2D eigenvalue weighted by Crippen LogP contribution is -1.99. The fraction of sp³-hybridized carbons (Fsp3) is 0.143. The molecule has 0 aliphatic heterocycles. The molecule has 0 atom stereocenters. The Morgan fingerprint density at radius 1 is 1.54 bits per heavy atom. The highest BCUT2D eigenvalue weighted by Crippen LogP contribution is 2.24. The summed E-state index contributed by atoms with van der Waals surface area (Å²) < 4.78 is 37.1. The summed E-state index contributed by atoms with van der Waals surface area (Å²) in [6.07, 6.45) is -3.01. The lowest BCUT2D eigenvalue weighted by Gasteiger charge is -2.02. The van der Waals surface area contributed by atoms with Crippen LogP contribution in [0.4, 0.5) is 13.2 Å². The maximum Gasteiger partial charge on any atom is 0.281 e. The number of halogens is 4. The molecule has 1 aromatic rings. The van der Waals surface area contributed by atoms with E-state index in [-0.39, 0.29) is 0 Å². The number of pyridine rings is 1. The smallest absolute Gasteiger partial charge is 0.234 e. The van der Waals surface area contributed by atoms with E-state index in [9.17, 15) is 13.2 Å². The van der Waals surface area contributed by atoms with Crippen molar-refractivity contribution in [2.45, 2.75) is 6.43 Å². The molecule has 0 N–H and O–H groups in total. The summed E-state index contributed by atoms with van der Waals surface area (Å²) in [4.78, 5) is 3.16. The van der Waals surface area contributed by atoms with Gasteiger partial charge in [-0.15, -0.1) is 0 Å². The second-order valence-corrected chi connectivity index (χ2v) is 2.49. The zero-order valence-electron chi connectivity index (χ0n) is 6.06. The molecule has 0 amide bonds. The first-order valence-electron chi connectivity index (χ1n) is 3.10. The third kappa shape index (κ3) is 1.90. The molecule has 2 nitrogen and oxygen atoms in total. The summed E-state index contributed by atoms with van der Waals surface area (Å²) in [5.41, 5.74) is -1.69. The van der Waals surface area contributed by atoms with Crippen LogP contribution in [0.25, 0.3) is 0 Å². The summed E-state index contributed by atoms with van der Waals surface area (Å²) in [5, 5.41) is 7.94. The summed E-state index contributed by atoms with van der Waals surface area (Å²) >= 11 is 5.23. The first kappa shape index (κ1) is 9.81. The van der Waals surface area contributed by atoms with Crippen LogP contribution >= 0.6 is 11.6 Å². The van der Waals surface area contributed by atoms with Crippen LogP contribution in [0, 0.1) is 17.1 Å². The Morgan fingerprint density at radius 3 is 2.62 bits per heavy atom. The van der Waals surface area contributed by atoms with E-state index in [2.05, 4.69) is 4.98 Å². The highest BCUT2D eigenvalue weighted by atomic mass is 35.5. The van der Waals surface area contributed by atoms with Crippen LogP contribution in [0.1, 0.15) is 17.7 Å². The lowest BCUT2D eigenvalue weighted by molar-refractivity contribution is 0.145. The third-order valence-electron chi connectivity index (χ3n) is 1.29. The summed E-state index contributed by atoms with van der Waals surface area (Å²) in [7, 11) is 0. The van der Waals surface area contributed by atoms with Crippen molar-refractivity contribution in [2.75, 3.05) is 0 Å². The first-order valence-corrected chi connectivity index (χ1v) is 3.48. The van der Waals surface area contributed by atoms with E-state index < -0.39 is 28.7 Å². The van der Waals surface area contributed by atoms with E-state index in [1.54, 1.807) is 0 Å². The fourth-order valence-electron chi connectivity index (χ4n) is 0.771. The Hall–Kier alpha value is -1.28. The number of nitrogens with zero attached hydrogens (tertiary/aromatic N) is 2. The van der Waals surface area contributed by atoms with Crippen molar-refractivity contribution in [3.63, 3.8) is 0 Å². The largest absolute Gasteiger partial charge is 0.281 e. The lowest BCUT2D eigenvalue weighted by atomic mass is 10.2. The number of rotatable bonds is 1. The third-order valence-corrected chi connectivity index (χ3v) is 1.48. The Bertz CT molecular complexity index is 373. The highest BCUT2D eigenvalue weighted by molar-refractivity contribution is 6.29. The Labute approximate surface area is 76.6 Å². The van der Waals surface area contributed by atoms with Gasteiger partial charge in [0.2, 0.25) is 0 Å². The first-order chi connectivity index (χ1) is 6.06. The van der Waals surface area contributed by atoms with Crippen molar-refractivity contribution in [2.24, 2.45) is 0 Å². The molecular weight excluding hydrogens is 205 g/mol. The monoisotopic (exact) mass is 206 g/mol. The molecule has 0 aliphatic rings. The van der Waals surface area contributed by atoms with Crippen molar-refractivity contribution >= 4 is 11.6 Å². The van der Waals surface area contributed by atoms with Crippen LogP contribution in [0.3, 0.4) is 0 Å². The molecular formula is C7H2ClF3N2. The van der Waals surface area contributed by atoms with Crippen LogP contribution < -0.4 is 0 Å². The summed E-state index contributed by atoms with van der Waals surface area (Å²) in [6, 6.07) is 2.01. The van der Waals surface area contributed by atoms with Gasteiger partial charge in [0.05, 0.1) is 0 Å². The van der Waals surface area contributed by atoms with Gasteiger partial charge in [-0.1, -0.05) is 11.6 Å². The maximum atomic E-state index is 12.8. The van der Waals surface area contributed by atoms with Crippen molar-refractivity contribution in [3.8, 4) is 6.07 Å². The minimum atomic E-state index is -3.01. The topological polar surface area (TPSA) is 36.7 Å². The Morgan fingerprint density at radius 2 is 2.15 bits per heavy atom. The predicted octanol–water partition coefficient (Wildman–Crippen LogP) is 2.68. The second kappa shape index (κ2) is 3.62. The molecule has 13 heavy (non-hydrogen) atoms. The number of hydrogen-bond donors (Lipinski definition) is 0.